The summed E-state index contributed by atoms with van der Waals surface area (Å²) in [4.78, 5) is 11.8. The molecule has 0 saturated heterocycles. The molecule has 7 heteroatoms. The average molecular weight is 332 g/mol. The van der Waals surface area contributed by atoms with E-state index in [2.05, 4.69) is 5.32 Å². The van der Waals surface area contributed by atoms with Crippen LogP contribution in [-0.4, -0.2) is 18.1 Å². The predicted molar refractivity (Wildman–Crippen MR) is 81.9 cm³/mol. The number of ether oxygens (including phenoxy) is 1. The van der Waals surface area contributed by atoms with Crippen LogP contribution in [0.4, 0.5) is 13.2 Å². The van der Waals surface area contributed by atoms with Gasteiger partial charge >= 0.3 is 6.18 Å². The van der Waals surface area contributed by atoms with E-state index >= 15 is 0 Å². The summed E-state index contributed by atoms with van der Waals surface area (Å²) in [5, 5.41) is 2.45. The fourth-order valence-electron chi connectivity index (χ4n) is 1.92. The van der Waals surface area contributed by atoms with Crippen LogP contribution in [0.2, 0.25) is 0 Å². The highest BCUT2D eigenvalue weighted by molar-refractivity contribution is 5.81. The zero-order chi connectivity index (χ0) is 17.8. The van der Waals surface area contributed by atoms with E-state index in [0.29, 0.717) is 0 Å². The molecule has 1 atom stereocenters. The first-order chi connectivity index (χ1) is 10.5. The third-order valence-corrected chi connectivity index (χ3v) is 3.23. The Kier molecular flexibility index (Phi) is 6.44. The summed E-state index contributed by atoms with van der Waals surface area (Å²) in [5.74, 6) is -0.434. The van der Waals surface area contributed by atoms with E-state index in [1.54, 1.807) is 27.7 Å². The average Bonchev–Trinajstić information content (AvgIpc) is 2.42. The van der Waals surface area contributed by atoms with Gasteiger partial charge in [0.25, 0.3) is 0 Å². The minimum atomic E-state index is -4.53. The molecule has 0 aliphatic heterocycles. The van der Waals surface area contributed by atoms with Crippen molar-refractivity contribution in [2.24, 2.45) is 11.7 Å². The number of hydrogen-bond acceptors (Lipinski definition) is 3. The van der Waals surface area contributed by atoms with Crippen molar-refractivity contribution in [3.05, 3.63) is 29.3 Å². The molecule has 1 aromatic rings. The van der Waals surface area contributed by atoms with Crippen molar-refractivity contribution in [3.63, 3.8) is 0 Å². The lowest BCUT2D eigenvalue weighted by atomic mass is 10.0. The van der Waals surface area contributed by atoms with Crippen molar-refractivity contribution in [2.45, 2.75) is 52.6 Å². The maximum atomic E-state index is 13.2. The van der Waals surface area contributed by atoms with E-state index in [1.165, 1.54) is 12.1 Å². The maximum absolute atomic E-state index is 13.2. The van der Waals surface area contributed by atoms with Crippen molar-refractivity contribution in [3.8, 4) is 5.75 Å². The lowest BCUT2D eigenvalue weighted by Gasteiger charge is -2.18. The molecule has 0 fully saturated rings. The van der Waals surface area contributed by atoms with Gasteiger partial charge in [0.1, 0.15) is 5.75 Å². The highest BCUT2D eigenvalue weighted by atomic mass is 19.4. The molecular formula is C16H23F3N2O2. The second kappa shape index (κ2) is 7.68. The molecule has 1 aromatic carbocycles. The Morgan fingerprint density at radius 2 is 1.87 bits per heavy atom. The van der Waals surface area contributed by atoms with Crippen LogP contribution >= 0.6 is 0 Å². The number of carbonyl (C=O) groups excluding carboxylic acids is 1. The first-order valence-corrected chi connectivity index (χ1v) is 7.42. The third-order valence-electron chi connectivity index (χ3n) is 3.23. The van der Waals surface area contributed by atoms with E-state index in [-0.39, 0.29) is 29.9 Å². The van der Waals surface area contributed by atoms with Gasteiger partial charge in [-0.3, -0.25) is 4.79 Å². The number of hydrogen-bond donors (Lipinski definition) is 2. The van der Waals surface area contributed by atoms with Gasteiger partial charge in [-0.1, -0.05) is 19.9 Å². The molecule has 4 nitrogen and oxygen atoms in total. The number of nitrogens with one attached hydrogen (secondary N) is 1. The smallest absolute Gasteiger partial charge is 0.416 e. The van der Waals surface area contributed by atoms with Crippen molar-refractivity contribution >= 4 is 5.91 Å². The minimum absolute atomic E-state index is 0.0297. The van der Waals surface area contributed by atoms with Crippen LogP contribution in [0, 0.1) is 5.92 Å². The number of nitrogens with two attached hydrogens (primary N) is 1. The van der Waals surface area contributed by atoms with Crippen LogP contribution in [0.3, 0.4) is 0 Å². The second-order valence-electron chi connectivity index (χ2n) is 5.97. The molecule has 0 aromatic heterocycles. The van der Waals surface area contributed by atoms with Crippen LogP contribution in [0.15, 0.2) is 18.2 Å². The van der Waals surface area contributed by atoms with Gasteiger partial charge in [0, 0.05) is 6.54 Å². The molecule has 0 saturated carbocycles. The maximum Gasteiger partial charge on any atom is 0.416 e. The number of rotatable bonds is 6. The minimum Gasteiger partial charge on any atom is -0.491 e. The van der Waals surface area contributed by atoms with Crippen LogP contribution < -0.4 is 15.8 Å². The number of halogens is 3. The molecule has 130 valence electrons. The number of alkyl halides is 3. The van der Waals surface area contributed by atoms with E-state index < -0.39 is 23.7 Å². The molecular weight excluding hydrogens is 309 g/mol. The Morgan fingerprint density at radius 1 is 1.26 bits per heavy atom. The molecule has 0 aliphatic rings. The Balaban J connectivity index is 2.95. The number of benzene rings is 1. The first-order valence-electron chi connectivity index (χ1n) is 7.42. The molecule has 0 radical (unpaired) electrons. The highest BCUT2D eigenvalue weighted by Gasteiger charge is 2.34. The zero-order valence-electron chi connectivity index (χ0n) is 13.7. The van der Waals surface area contributed by atoms with Crippen molar-refractivity contribution in [1.29, 1.82) is 0 Å². The summed E-state index contributed by atoms with van der Waals surface area (Å²) in [6.07, 6.45) is -4.76. The van der Waals surface area contributed by atoms with E-state index in [9.17, 15) is 18.0 Å². The fraction of sp³-hybridized carbons (Fsp3) is 0.562. The molecule has 0 spiro atoms. The SMILES string of the molecule is CC(C)Oc1ccc(CNC(=O)[C@@H](N)C(C)C)c(C(F)(F)F)c1. The molecule has 3 N–H and O–H groups in total. The van der Waals surface area contributed by atoms with Gasteiger partial charge in [-0.25, -0.2) is 0 Å². The number of carbonyl (C=O) groups is 1. The fourth-order valence-corrected chi connectivity index (χ4v) is 1.92. The third kappa shape index (κ3) is 5.74. The number of amides is 1. The molecule has 1 amide bonds. The lowest BCUT2D eigenvalue weighted by molar-refractivity contribution is -0.138. The van der Waals surface area contributed by atoms with Crippen molar-refractivity contribution < 1.29 is 22.7 Å². The Morgan fingerprint density at radius 3 is 2.35 bits per heavy atom. The molecule has 0 unspecified atom stereocenters. The molecule has 0 aliphatic carbocycles. The molecule has 0 heterocycles. The zero-order valence-corrected chi connectivity index (χ0v) is 13.7. The van der Waals surface area contributed by atoms with Gasteiger partial charge in [-0.15, -0.1) is 0 Å². The standard InChI is InChI=1S/C16H23F3N2O2/c1-9(2)14(20)15(22)21-8-11-5-6-12(23-10(3)4)7-13(11)16(17,18)19/h5-7,9-10,14H,8,20H2,1-4H3,(H,21,22)/t14-/m0/s1. The van der Waals surface area contributed by atoms with Crippen LogP contribution in [-0.2, 0) is 17.5 Å². The predicted octanol–water partition coefficient (Wildman–Crippen LogP) is 3.09. The van der Waals surface area contributed by atoms with E-state index in [4.69, 9.17) is 10.5 Å². The topological polar surface area (TPSA) is 64.3 Å². The quantitative estimate of drug-likeness (QED) is 0.841. The summed E-state index contributed by atoms with van der Waals surface area (Å²) in [7, 11) is 0. The lowest BCUT2D eigenvalue weighted by Crippen LogP contribution is -2.43. The van der Waals surface area contributed by atoms with Gasteiger partial charge in [0.2, 0.25) is 5.91 Å². The second-order valence-corrected chi connectivity index (χ2v) is 5.97. The highest BCUT2D eigenvalue weighted by Crippen LogP contribution is 2.34. The Hall–Kier alpha value is -1.76. The Labute approximate surface area is 134 Å². The van der Waals surface area contributed by atoms with Gasteiger partial charge in [0.15, 0.2) is 0 Å². The van der Waals surface area contributed by atoms with Gasteiger partial charge < -0.3 is 15.8 Å². The molecule has 0 bridgehead atoms. The van der Waals surface area contributed by atoms with Crippen LogP contribution in [0.5, 0.6) is 5.75 Å². The van der Waals surface area contributed by atoms with Gasteiger partial charge in [-0.2, -0.15) is 13.2 Å². The Bertz CT molecular complexity index is 543. The van der Waals surface area contributed by atoms with Gasteiger partial charge in [0.05, 0.1) is 17.7 Å². The van der Waals surface area contributed by atoms with Crippen molar-refractivity contribution in [2.75, 3.05) is 0 Å². The normalized spacial score (nSPS) is 13.3. The molecule has 23 heavy (non-hydrogen) atoms. The summed E-state index contributed by atoms with van der Waals surface area (Å²) in [6, 6.07) is 2.96. The summed E-state index contributed by atoms with van der Waals surface area (Å²) in [5.41, 5.74) is 4.82. The summed E-state index contributed by atoms with van der Waals surface area (Å²) in [6.45, 7) is 6.76. The van der Waals surface area contributed by atoms with Gasteiger partial charge in [-0.05, 0) is 37.5 Å². The largest absolute Gasteiger partial charge is 0.491 e. The first kappa shape index (κ1) is 19.3. The van der Waals surface area contributed by atoms with Crippen LogP contribution in [0.25, 0.3) is 0 Å². The van der Waals surface area contributed by atoms with Crippen molar-refractivity contribution in [1.82, 2.24) is 5.32 Å². The van der Waals surface area contributed by atoms with E-state index in [1.807, 2.05) is 0 Å². The van der Waals surface area contributed by atoms with E-state index in [0.717, 1.165) is 6.07 Å². The van der Waals surface area contributed by atoms with Crippen LogP contribution in [0.1, 0.15) is 38.8 Å². The monoisotopic (exact) mass is 332 g/mol. The summed E-state index contributed by atoms with van der Waals surface area (Å²) >= 11 is 0. The summed E-state index contributed by atoms with van der Waals surface area (Å²) < 4.78 is 44.8. The molecule has 1 rings (SSSR count).